The Morgan fingerprint density at radius 3 is 2.79 bits per heavy atom. The lowest BCUT2D eigenvalue weighted by atomic mass is 9.86. The van der Waals surface area contributed by atoms with Gasteiger partial charge in [0.2, 0.25) is 11.8 Å². The molecule has 0 aromatic heterocycles. The molecule has 3 aliphatic rings. The van der Waals surface area contributed by atoms with Gasteiger partial charge in [0.15, 0.2) is 0 Å². The average Bonchev–Trinajstić information content (AvgIpc) is 2.85. The summed E-state index contributed by atoms with van der Waals surface area (Å²) >= 11 is 0. The zero-order valence-corrected chi connectivity index (χ0v) is 16.9. The zero-order valence-electron chi connectivity index (χ0n) is 16.9. The summed E-state index contributed by atoms with van der Waals surface area (Å²) in [6, 6.07) is 7.74. The smallest absolute Gasteiger partial charge is 0.241 e. The number of carbonyl (C=O) groups excluding carboxylic acids is 2. The second kappa shape index (κ2) is 7.72. The molecule has 0 saturated carbocycles. The molecule has 28 heavy (non-hydrogen) atoms. The molecule has 1 aromatic carbocycles. The van der Waals surface area contributed by atoms with E-state index in [1.54, 1.807) is 0 Å². The first-order valence-electron chi connectivity index (χ1n) is 10.2. The standard InChI is InChI=1S/C21H30N4O3/c1-22-10-9-21(8-7-19(22)26)16-24(12-11-23(21)2)15-20(27)25-13-14-28-18-6-4-3-5-17(18)25/h3-6H,7-16H2,1-2H3/t21-/m1/s1. The van der Waals surface area contributed by atoms with Gasteiger partial charge in [-0.15, -0.1) is 0 Å². The molecule has 1 atom stereocenters. The van der Waals surface area contributed by atoms with Gasteiger partial charge < -0.3 is 14.5 Å². The fraction of sp³-hybridized carbons (Fsp3) is 0.619. The van der Waals surface area contributed by atoms with Crippen LogP contribution in [0.1, 0.15) is 19.3 Å². The molecule has 0 aliphatic carbocycles. The monoisotopic (exact) mass is 386 g/mol. The number of rotatable bonds is 2. The third kappa shape index (κ3) is 3.61. The lowest BCUT2D eigenvalue weighted by molar-refractivity contribution is -0.129. The van der Waals surface area contributed by atoms with E-state index in [9.17, 15) is 9.59 Å². The van der Waals surface area contributed by atoms with Gasteiger partial charge >= 0.3 is 0 Å². The van der Waals surface area contributed by atoms with Gasteiger partial charge in [-0.05, 0) is 32.0 Å². The predicted molar refractivity (Wildman–Crippen MR) is 108 cm³/mol. The molecule has 7 nitrogen and oxygen atoms in total. The number of carbonyl (C=O) groups is 2. The van der Waals surface area contributed by atoms with E-state index in [-0.39, 0.29) is 17.4 Å². The van der Waals surface area contributed by atoms with Crippen molar-refractivity contribution in [1.82, 2.24) is 14.7 Å². The van der Waals surface area contributed by atoms with Crippen molar-refractivity contribution in [3.05, 3.63) is 24.3 Å². The maximum absolute atomic E-state index is 13.1. The maximum Gasteiger partial charge on any atom is 0.241 e. The van der Waals surface area contributed by atoms with Crippen LogP contribution in [-0.2, 0) is 9.59 Å². The summed E-state index contributed by atoms with van der Waals surface area (Å²) in [5.74, 6) is 1.13. The molecule has 4 rings (SSSR count). The normalized spacial score (nSPS) is 26.7. The minimum Gasteiger partial charge on any atom is -0.490 e. The number of anilines is 1. The largest absolute Gasteiger partial charge is 0.490 e. The molecule has 3 aliphatic heterocycles. The third-order valence-electron chi connectivity index (χ3n) is 6.61. The number of amides is 2. The molecule has 2 fully saturated rings. The van der Waals surface area contributed by atoms with Crippen LogP contribution in [0.3, 0.4) is 0 Å². The number of benzene rings is 1. The topological polar surface area (TPSA) is 56.3 Å². The van der Waals surface area contributed by atoms with Crippen LogP contribution in [0, 0.1) is 0 Å². The highest BCUT2D eigenvalue weighted by Gasteiger charge is 2.42. The summed E-state index contributed by atoms with van der Waals surface area (Å²) in [5, 5.41) is 0. The SMILES string of the molecule is CN1CC[C@]2(CCC1=O)CN(CC(=O)N1CCOc3ccccc31)CCN2C. The minimum absolute atomic E-state index is 0.0259. The fourth-order valence-corrected chi connectivity index (χ4v) is 4.68. The first kappa shape index (κ1) is 19.2. The van der Waals surface area contributed by atoms with Crippen molar-refractivity contribution in [2.45, 2.75) is 24.8 Å². The molecule has 0 N–H and O–H groups in total. The Bertz CT molecular complexity index is 755. The number of hydrogen-bond acceptors (Lipinski definition) is 5. The number of para-hydroxylation sites is 2. The van der Waals surface area contributed by atoms with Crippen LogP contribution in [0.5, 0.6) is 5.75 Å². The van der Waals surface area contributed by atoms with Gasteiger partial charge in [0.1, 0.15) is 12.4 Å². The van der Waals surface area contributed by atoms with E-state index in [4.69, 9.17) is 4.74 Å². The van der Waals surface area contributed by atoms with Crippen LogP contribution in [-0.4, -0.2) is 92.0 Å². The predicted octanol–water partition coefficient (Wildman–Crippen LogP) is 1.04. The van der Waals surface area contributed by atoms with Gasteiger partial charge in [-0.3, -0.25) is 19.4 Å². The van der Waals surface area contributed by atoms with Gasteiger partial charge in [0.25, 0.3) is 0 Å². The highest BCUT2D eigenvalue weighted by molar-refractivity contribution is 5.96. The molecule has 152 valence electrons. The Balaban J connectivity index is 1.46. The van der Waals surface area contributed by atoms with Gasteiger partial charge in [-0.2, -0.15) is 0 Å². The first-order chi connectivity index (χ1) is 13.5. The van der Waals surface area contributed by atoms with Crippen molar-refractivity contribution >= 4 is 17.5 Å². The Kier molecular flexibility index (Phi) is 5.29. The Labute approximate surface area is 166 Å². The zero-order chi connectivity index (χ0) is 19.7. The van der Waals surface area contributed by atoms with E-state index in [2.05, 4.69) is 16.8 Å². The summed E-state index contributed by atoms with van der Waals surface area (Å²) < 4.78 is 5.68. The van der Waals surface area contributed by atoms with Gasteiger partial charge in [0.05, 0.1) is 18.8 Å². The van der Waals surface area contributed by atoms with Crippen LogP contribution in [0.2, 0.25) is 0 Å². The first-order valence-corrected chi connectivity index (χ1v) is 10.2. The number of likely N-dealkylation sites (tertiary alicyclic amines) is 1. The lowest BCUT2D eigenvalue weighted by Gasteiger charge is -2.49. The molecule has 3 heterocycles. The van der Waals surface area contributed by atoms with Gasteiger partial charge in [-0.1, -0.05) is 12.1 Å². The highest BCUT2D eigenvalue weighted by atomic mass is 16.5. The molecular formula is C21H30N4O3. The molecule has 0 unspecified atom stereocenters. The summed E-state index contributed by atoms with van der Waals surface area (Å²) in [6.07, 6.45) is 2.40. The van der Waals surface area contributed by atoms with Gasteiger partial charge in [-0.25, -0.2) is 0 Å². The Morgan fingerprint density at radius 2 is 1.93 bits per heavy atom. The number of ether oxygens (including phenoxy) is 1. The second-order valence-electron chi connectivity index (χ2n) is 8.28. The van der Waals surface area contributed by atoms with E-state index < -0.39 is 0 Å². The van der Waals surface area contributed by atoms with Crippen LogP contribution in [0.15, 0.2) is 24.3 Å². The summed E-state index contributed by atoms with van der Waals surface area (Å²) in [4.78, 5) is 33.6. The van der Waals surface area contributed by atoms with Crippen molar-refractivity contribution < 1.29 is 14.3 Å². The Morgan fingerprint density at radius 1 is 1.11 bits per heavy atom. The lowest BCUT2D eigenvalue weighted by Crippen LogP contribution is -2.62. The molecule has 7 heteroatoms. The van der Waals surface area contributed by atoms with E-state index in [1.807, 2.05) is 41.1 Å². The molecule has 1 spiro atoms. The van der Waals surface area contributed by atoms with E-state index in [1.165, 1.54) is 0 Å². The van der Waals surface area contributed by atoms with E-state index in [0.29, 0.717) is 26.1 Å². The molecule has 0 radical (unpaired) electrons. The highest BCUT2D eigenvalue weighted by Crippen LogP contribution is 2.33. The molecule has 1 aromatic rings. The van der Waals surface area contributed by atoms with Crippen molar-refractivity contribution in [3.8, 4) is 5.75 Å². The minimum atomic E-state index is -0.0259. The third-order valence-corrected chi connectivity index (χ3v) is 6.61. The fourth-order valence-electron chi connectivity index (χ4n) is 4.68. The van der Waals surface area contributed by atoms with Crippen molar-refractivity contribution in [1.29, 1.82) is 0 Å². The van der Waals surface area contributed by atoms with Crippen LogP contribution in [0.25, 0.3) is 0 Å². The molecule has 0 bridgehead atoms. The molecule has 2 amide bonds. The van der Waals surface area contributed by atoms with E-state index >= 15 is 0 Å². The summed E-state index contributed by atoms with van der Waals surface area (Å²) in [5.41, 5.74) is 0.839. The number of fused-ring (bicyclic) bond motifs is 1. The van der Waals surface area contributed by atoms with Crippen LogP contribution in [0.4, 0.5) is 5.69 Å². The summed E-state index contributed by atoms with van der Waals surface area (Å²) in [7, 11) is 4.05. The van der Waals surface area contributed by atoms with E-state index in [0.717, 1.165) is 50.5 Å². The van der Waals surface area contributed by atoms with Crippen molar-refractivity contribution in [2.75, 3.05) is 64.9 Å². The van der Waals surface area contributed by atoms with Crippen molar-refractivity contribution in [3.63, 3.8) is 0 Å². The number of likely N-dealkylation sites (N-methyl/N-ethyl adjacent to an activating group) is 1. The number of piperazine rings is 1. The van der Waals surface area contributed by atoms with Gasteiger partial charge in [0, 0.05) is 45.2 Å². The molecule has 2 saturated heterocycles. The second-order valence-corrected chi connectivity index (χ2v) is 8.28. The Hall–Kier alpha value is -2.12. The van der Waals surface area contributed by atoms with Crippen LogP contribution >= 0.6 is 0 Å². The van der Waals surface area contributed by atoms with Crippen LogP contribution < -0.4 is 9.64 Å². The summed E-state index contributed by atoms with van der Waals surface area (Å²) in [6.45, 7) is 4.94. The molecular weight excluding hydrogens is 356 g/mol. The quantitative estimate of drug-likeness (QED) is 0.760. The van der Waals surface area contributed by atoms with Crippen molar-refractivity contribution in [2.24, 2.45) is 0 Å². The number of hydrogen-bond donors (Lipinski definition) is 0. The maximum atomic E-state index is 13.1. The number of nitrogens with zero attached hydrogens (tertiary/aromatic N) is 4. The average molecular weight is 386 g/mol.